The molecule has 0 aliphatic carbocycles. The number of anilines is 1. The Kier molecular flexibility index (Phi) is 6.78. The molecule has 0 radical (unpaired) electrons. The number of carbonyl (C=O) groups is 3. The van der Waals surface area contributed by atoms with Crippen molar-refractivity contribution in [1.82, 2.24) is 5.32 Å². The van der Waals surface area contributed by atoms with E-state index in [1.54, 1.807) is 6.07 Å². The van der Waals surface area contributed by atoms with Crippen LogP contribution in [0, 0.1) is 11.3 Å². The quantitative estimate of drug-likeness (QED) is 0.700. The van der Waals surface area contributed by atoms with Crippen molar-refractivity contribution < 1.29 is 19.5 Å². The van der Waals surface area contributed by atoms with Crippen molar-refractivity contribution in [2.45, 2.75) is 34.1 Å². The van der Waals surface area contributed by atoms with Gasteiger partial charge in [-0.3, -0.25) is 14.4 Å². The summed E-state index contributed by atoms with van der Waals surface area (Å²) in [6.07, 6.45) is 0.372. The van der Waals surface area contributed by atoms with Crippen molar-refractivity contribution >= 4 is 35.1 Å². The molecule has 1 aromatic rings. The van der Waals surface area contributed by atoms with Gasteiger partial charge in [-0.2, -0.15) is 0 Å². The number of aliphatic carboxylic acids is 1. The zero-order valence-electron chi connectivity index (χ0n) is 14.3. The number of carbonyl (C=O) groups excluding carboxylic acids is 2. The number of hydrogen-bond acceptors (Lipinski definition) is 3. The van der Waals surface area contributed by atoms with E-state index in [-0.39, 0.29) is 29.0 Å². The second-order valence-corrected chi connectivity index (χ2v) is 7.12. The summed E-state index contributed by atoms with van der Waals surface area (Å²) in [6.45, 7) is 6.86. The Bertz CT molecular complexity index is 641. The summed E-state index contributed by atoms with van der Waals surface area (Å²) in [5, 5.41) is 14.6. The van der Waals surface area contributed by atoms with Crippen molar-refractivity contribution in [3.05, 3.63) is 28.8 Å². The molecule has 0 aliphatic rings. The highest BCUT2D eigenvalue weighted by Gasteiger charge is 2.28. The SMILES string of the molecule is CC(C)CC(=O)Nc1ccc(Cl)c(C(=O)NCC(C)(C)C(=O)O)c1. The minimum atomic E-state index is -1.09. The molecule has 0 aromatic heterocycles. The molecule has 1 rings (SSSR count). The second-order valence-electron chi connectivity index (χ2n) is 6.71. The molecule has 132 valence electrons. The van der Waals surface area contributed by atoms with Crippen LogP contribution in [0.25, 0.3) is 0 Å². The Morgan fingerprint density at radius 1 is 1.25 bits per heavy atom. The van der Waals surface area contributed by atoms with E-state index in [0.29, 0.717) is 12.1 Å². The van der Waals surface area contributed by atoms with E-state index in [2.05, 4.69) is 10.6 Å². The van der Waals surface area contributed by atoms with Gasteiger partial charge in [0.2, 0.25) is 5.91 Å². The largest absolute Gasteiger partial charge is 0.481 e. The lowest BCUT2D eigenvalue weighted by atomic mass is 9.94. The van der Waals surface area contributed by atoms with Gasteiger partial charge in [-0.05, 0) is 38.0 Å². The fourth-order valence-corrected chi connectivity index (χ4v) is 2.04. The van der Waals surface area contributed by atoms with Gasteiger partial charge in [-0.1, -0.05) is 25.4 Å². The molecule has 1 aromatic carbocycles. The highest BCUT2D eigenvalue weighted by atomic mass is 35.5. The summed E-state index contributed by atoms with van der Waals surface area (Å²) in [4.78, 5) is 35.1. The summed E-state index contributed by atoms with van der Waals surface area (Å²) in [6, 6.07) is 4.60. The summed E-state index contributed by atoms with van der Waals surface area (Å²) in [5.74, 6) is -1.43. The fraction of sp³-hybridized carbons (Fsp3) is 0.471. The van der Waals surface area contributed by atoms with Gasteiger partial charge < -0.3 is 15.7 Å². The predicted molar refractivity (Wildman–Crippen MR) is 93.3 cm³/mol. The number of carboxylic acids is 1. The first-order valence-electron chi connectivity index (χ1n) is 7.64. The van der Waals surface area contributed by atoms with Crippen molar-refractivity contribution in [3.63, 3.8) is 0 Å². The first kappa shape index (κ1) is 20.0. The van der Waals surface area contributed by atoms with E-state index in [1.807, 2.05) is 13.8 Å². The lowest BCUT2D eigenvalue weighted by molar-refractivity contribution is -0.146. The maximum Gasteiger partial charge on any atom is 0.310 e. The van der Waals surface area contributed by atoms with E-state index in [4.69, 9.17) is 16.7 Å². The Balaban J connectivity index is 2.84. The van der Waals surface area contributed by atoms with Crippen LogP contribution in [-0.4, -0.2) is 29.4 Å². The molecule has 0 saturated carbocycles. The average molecular weight is 355 g/mol. The van der Waals surface area contributed by atoms with Crippen molar-refractivity contribution in [3.8, 4) is 0 Å². The van der Waals surface area contributed by atoms with Gasteiger partial charge in [0.05, 0.1) is 16.0 Å². The number of benzene rings is 1. The standard InChI is InChI=1S/C17H23ClN2O4/c1-10(2)7-14(21)20-11-5-6-13(18)12(8-11)15(22)19-9-17(3,4)16(23)24/h5-6,8,10H,7,9H2,1-4H3,(H,19,22)(H,20,21)(H,23,24). The first-order chi connectivity index (χ1) is 11.0. The maximum absolute atomic E-state index is 12.2. The van der Waals surface area contributed by atoms with Gasteiger partial charge in [0.1, 0.15) is 0 Å². The van der Waals surface area contributed by atoms with Crippen LogP contribution in [-0.2, 0) is 9.59 Å². The van der Waals surface area contributed by atoms with E-state index < -0.39 is 17.3 Å². The number of hydrogen-bond donors (Lipinski definition) is 3. The molecule has 0 heterocycles. The van der Waals surface area contributed by atoms with Crippen LogP contribution < -0.4 is 10.6 Å². The molecule has 0 spiro atoms. The molecule has 3 N–H and O–H groups in total. The monoisotopic (exact) mass is 354 g/mol. The zero-order valence-corrected chi connectivity index (χ0v) is 15.0. The molecular formula is C17H23ClN2O4. The summed E-state index contributed by atoms with van der Waals surface area (Å²) >= 11 is 6.03. The van der Waals surface area contributed by atoms with E-state index in [0.717, 1.165) is 0 Å². The average Bonchev–Trinajstić information content (AvgIpc) is 2.45. The van der Waals surface area contributed by atoms with Crippen LogP contribution in [0.3, 0.4) is 0 Å². The molecule has 0 saturated heterocycles. The Morgan fingerprint density at radius 2 is 1.88 bits per heavy atom. The topological polar surface area (TPSA) is 95.5 Å². The van der Waals surface area contributed by atoms with Gasteiger partial charge >= 0.3 is 5.97 Å². The van der Waals surface area contributed by atoms with Crippen LogP contribution in [0.5, 0.6) is 0 Å². The van der Waals surface area contributed by atoms with E-state index in [9.17, 15) is 14.4 Å². The zero-order chi connectivity index (χ0) is 18.5. The second kappa shape index (κ2) is 8.15. The summed E-state index contributed by atoms with van der Waals surface area (Å²) < 4.78 is 0. The number of rotatable bonds is 7. The van der Waals surface area contributed by atoms with Crippen molar-refractivity contribution in [2.75, 3.05) is 11.9 Å². The highest BCUT2D eigenvalue weighted by molar-refractivity contribution is 6.34. The molecule has 0 aliphatic heterocycles. The number of nitrogens with one attached hydrogen (secondary N) is 2. The first-order valence-corrected chi connectivity index (χ1v) is 8.01. The minimum Gasteiger partial charge on any atom is -0.481 e. The summed E-state index contributed by atoms with van der Waals surface area (Å²) in [7, 11) is 0. The van der Waals surface area contributed by atoms with Gasteiger partial charge in [0, 0.05) is 18.7 Å². The van der Waals surface area contributed by atoms with Crippen LogP contribution in [0.2, 0.25) is 5.02 Å². The van der Waals surface area contributed by atoms with Crippen molar-refractivity contribution in [1.29, 1.82) is 0 Å². The van der Waals surface area contributed by atoms with Gasteiger partial charge in [-0.15, -0.1) is 0 Å². The third-order valence-corrected chi connectivity index (χ3v) is 3.69. The minimum absolute atomic E-state index is 0.0402. The lowest BCUT2D eigenvalue weighted by Crippen LogP contribution is -2.39. The number of amides is 2. The fourth-order valence-electron chi connectivity index (χ4n) is 1.83. The molecular weight excluding hydrogens is 332 g/mol. The van der Waals surface area contributed by atoms with Crippen LogP contribution >= 0.6 is 11.6 Å². The maximum atomic E-state index is 12.2. The molecule has 0 bridgehead atoms. The van der Waals surface area contributed by atoms with Gasteiger partial charge in [0.25, 0.3) is 5.91 Å². The molecule has 6 nitrogen and oxygen atoms in total. The summed E-state index contributed by atoms with van der Waals surface area (Å²) in [5.41, 5.74) is -0.446. The Hall–Kier alpha value is -2.08. The lowest BCUT2D eigenvalue weighted by Gasteiger charge is -2.19. The molecule has 24 heavy (non-hydrogen) atoms. The van der Waals surface area contributed by atoms with Crippen LogP contribution in [0.1, 0.15) is 44.5 Å². The highest BCUT2D eigenvalue weighted by Crippen LogP contribution is 2.22. The molecule has 0 atom stereocenters. The third kappa shape index (κ3) is 5.85. The molecule has 2 amide bonds. The van der Waals surface area contributed by atoms with Crippen LogP contribution in [0.15, 0.2) is 18.2 Å². The Labute approximate surface area is 146 Å². The number of halogens is 1. The van der Waals surface area contributed by atoms with Gasteiger partial charge in [0.15, 0.2) is 0 Å². The molecule has 0 fully saturated rings. The van der Waals surface area contributed by atoms with Gasteiger partial charge in [-0.25, -0.2) is 0 Å². The molecule has 7 heteroatoms. The Morgan fingerprint density at radius 3 is 2.42 bits per heavy atom. The van der Waals surface area contributed by atoms with Crippen molar-refractivity contribution in [2.24, 2.45) is 11.3 Å². The van der Waals surface area contributed by atoms with E-state index >= 15 is 0 Å². The van der Waals surface area contributed by atoms with Crippen LogP contribution in [0.4, 0.5) is 5.69 Å². The number of carboxylic acid groups (broad SMARTS) is 1. The normalized spacial score (nSPS) is 11.2. The smallest absolute Gasteiger partial charge is 0.310 e. The third-order valence-electron chi connectivity index (χ3n) is 3.36. The van der Waals surface area contributed by atoms with E-state index in [1.165, 1.54) is 26.0 Å². The molecule has 0 unspecified atom stereocenters. The predicted octanol–water partition coefficient (Wildman–Crippen LogP) is 3.17.